The van der Waals surface area contributed by atoms with Crippen molar-refractivity contribution in [1.82, 2.24) is 20.4 Å². The van der Waals surface area contributed by atoms with E-state index in [4.69, 9.17) is 5.84 Å². The predicted molar refractivity (Wildman–Crippen MR) is 82.3 cm³/mol. The first-order chi connectivity index (χ1) is 10.3. The van der Waals surface area contributed by atoms with E-state index in [1.165, 1.54) is 5.56 Å². The van der Waals surface area contributed by atoms with E-state index < -0.39 is 0 Å². The van der Waals surface area contributed by atoms with Gasteiger partial charge in [-0.3, -0.25) is 10.8 Å². The quantitative estimate of drug-likeness (QED) is 0.565. The summed E-state index contributed by atoms with van der Waals surface area (Å²) in [6.07, 6.45) is 6.14. The maximum atomic E-state index is 5.69. The molecular weight excluding hydrogens is 262 g/mol. The Balaban J connectivity index is 1.94. The number of para-hydroxylation sites is 1. The van der Waals surface area contributed by atoms with Gasteiger partial charge >= 0.3 is 0 Å². The molecule has 21 heavy (non-hydrogen) atoms. The van der Waals surface area contributed by atoms with Gasteiger partial charge in [0.1, 0.15) is 5.82 Å². The lowest BCUT2D eigenvalue weighted by molar-refractivity contribution is 0.523. The Morgan fingerprint density at radius 2 is 1.86 bits per heavy atom. The molecule has 0 aliphatic carbocycles. The van der Waals surface area contributed by atoms with E-state index in [0.717, 1.165) is 16.5 Å². The molecule has 3 N–H and O–H groups in total. The van der Waals surface area contributed by atoms with Crippen LogP contribution in [-0.2, 0) is 6.42 Å². The normalized spacial score (nSPS) is 12.5. The second kappa shape index (κ2) is 5.95. The fraction of sp³-hybridized carbons (Fsp3) is 0.188. The molecule has 0 spiro atoms. The number of pyridine rings is 1. The van der Waals surface area contributed by atoms with Crippen LogP contribution >= 0.6 is 0 Å². The van der Waals surface area contributed by atoms with Crippen LogP contribution in [0.15, 0.2) is 48.9 Å². The molecule has 0 bridgehead atoms. The van der Waals surface area contributed by atoms with Crippen LogP contribution in [0.5, 0.6) is 0 Å². The number of aryl methyl sites for hydroxylation is 1. The number of rotatable bonds is 4. The highest BCUT2D eigenvalue weighted by molar-refractivity contribution is 5.81. The van der Waals surface area contributed by atoms with Crippen LogP contribution in [-0.4, -0.2) is 15.0 Å². The van der Waals surface area contributed by atoms with Gasteiger partial charge in [0.2, 0.25) is 0 Å². The van der Waals surface area contributed by atoms with E-state index in [0.29, 0.717) is 12.2 Å². The number of nitrogens with two attached hydrogens (primary N) is 1. The van der Waals surface area contributed by atoms with Gasteiger partial charge in [0, 0.05) is 24.0 Å². The average Bonchev–Trinajstić information content (AvgIpc) is 2.54. The number of nitrogens with one attached hydrogen (secondary N) is 1. The number of fused-ring (bicyclic) bond motifs is 1. The highest BCUT2D eigenvalue weighted by Gasteiger charge is 2.15. The monoisotopic (exact) mass is 279 g/mol. The van der Waals surface area contributed by atoms with E-state index in [-0.39, 0.29) is 6.04 Å². The smallest absolute Gasteiger partial charge is 0.146 e. The van der Waals surface area contributed by atoms with Gasteiger partial charge in [0.05, 0.1) is 11.6 Å². The lowest BCUT2D eigenvalue weighted by Gasteiger charge is -2.15. The Labute approximate surface area is 123 Å². The molecule has 0 aliphatic rings. The van der Waals surface area contributed by atoms with Crippen LogP contribution in [0.2, 0.25) is 0 Å². The molecular formula is C16H17N5. The fourth-order valence-corrected chi connectivity index (χ4v) is 2.36. The molecule has 0 aliphatic heterocycles. The number of benzene rings is 1. The molecule has 1 atom stereocenters. The number of nitrogens with zero attached hydrogens (tertiary/aromatic N) is 3. The largest absolute Gasteiger partial charge is 0.271 e. The van der Waals surface area contributed by atoms with Gasteiger partial charge in [-0.25, -0.2) is 15.4 Å². The molecule has 0 fully saturated rings. The molecule has 0 saturated carbocycles. The number of hydrogen-bond donors (Lipinski definition) is 2. The fourth-order valence-electron chi connectivity index (χ4n) is 2.36. The summed E-state index contributed by atoms with van der Waals surface area (Å²) in [7, 11) is 0. The van der Waals surface area contributed by atoms with Crippen molar-refractivity contribution in [2.45, 2.75) is 19.4 Å². The summed E-state index contributed by atoms with van der Waals surface area (Å²) in [5.74, 6) is 6.39. The SMILES string of the molecule is Cc1cnc(C(Cc2ccnc3ccccc23)NN)nc1. The lowest BCUT2D eigenvalue weighted by Crippen LogP contribution is -2.31. The van der Waals surface area contributed by atoms with Gasteiger partial charge in [-0.2, -0.15) is 0 Å². The molecule has 0 radical (unpaired) electrons. The Hall–Kier alpha value is -2.37. The lowest BCUT2D eigenvalue weighted by atomic mass is 10.0. The minimum atomic E-state index is -0.128. The number of aromatic nitrogens is 3. The summed E-state index contributed by atoms with van der Waals surface area (Å²) < 4.78 is 0. The zero-order chi connectivity index (χ0) is 14.7. The second-order valence-electron chi connectivity index (χ2n) is 5.03. The van der Waals surface area contributed by atoms with Crippen LogP contribution in [0, 0.1) is 6.92 Å². The zero-order valence-electron chi connectivity index (χ0n) is 11.8. The van der Waals surface area contributed by atoms with Crippen LogP contribution in [0.3, 0.4) is 0 Å². The van der Waals surface area contributed by atoms with Gasteiger partial charge in [-0.05, 0) is 36.6 Å². The van der Waals surface area contributed by atoms with Gasteiger partial charge in [0.25, 0.3) is 0 Å². The predicted octanol–water partition coefficient (Wildman–Crippen LogP) is 2.08. The van der Waals surface area contributed by atoms with Crippen LogP contribution in [0.4, 0.5) is 0 Å². The van der Waals surface area contributed by atoms with Crippen molar-refractivity contribution in [3.05, 3.63) is 65.9 Å². The summed E-state index contributed by atoms with van der Waals surface area (Å²) in [4.78, 5) is 13.1. The van der Waals surface area contributed by atoms with Gasteiger partial charge in [-0.1, -0.05) is 18.2 Å². The molecule has 5 heteroatoms. The van der Waals surface area contributed by atoms with E-state index in [2.05, 4.69) is 26.4 Å². The maximum absolute atomic E-state index is 5.69. The molecule has 5 nitrogen and oxygen atoms in total. The molecule has 106 valence electrons. The minimum absolute atomic E-state index is 0.128. The molecule has 0 saturated heterocycles. The molecule has 1 aromatic carbocycles. The van der Waals surface area contributed by atoms with Gasteiger partial charge < -0.3 is 0 Å². The molecule has 0 amide bonds. The Kier molecular flexibility index (Phi) is 3.85. The van der Waals surface area contributed by atoms with E-state index in [9.17, 15) is 0 Å². The van der Waals surface area contributed by atoms with Crippen molar-refractivity contribution in [2.24, 2.45) is 5.84 Å². The Bertz CT molecular complexity index is 734. The summed E-state index contributed by atoms with van der Waals surface area (Å²) in [6, 6.07) is 9.96. The van der Waals surface area contributed by atoms with Crippen molar-refractivity contribution >= 4 is 10.9 Å². The molecule has 3 rings (SSSR count). The first-order valence-electron chi connectivity index (χ1n) is 6.85. The van der Waals surface area contributed by atoms with Crippen molar-refractivity contribution < 1.29 is 0 Å². The van der Waals surface area contributed by atoms with Crippen LogP contribution in [0.1, 0.15) is 23.0 Å². The third kappa shape index (κ3) is 2.89. The van der Waals surface area contributed by atoms with E-state index in [1.54, 1.807) is 12.4 Å². The third-order valence-corrected chi connectivity index (χ3v) is 3.48. The summed E-state index contributed by atoms with van der Waals surface area (Å²) in [6.45, 7) is 1.96. The highest BCUT2D eigenvalue weighted by Crippen LogP contribution is 2.21. The molecule has 2 heterocycles. The van der Waals surface area contributed by atoms with Crippen molar-refractivity contribution in [3.8, 4) is 0 Å². The second-order valence-corrected chi connectivity index (χ2v) is 5.03. The zero-order valence-corrected chi connectivity index (χ0v) is 11.8. The van der Waals surface area contributed by atoms with Crippen molar-refractivity contribution in [3.63, 3.8) is 0 Å². The van der Waals surface area contributed by atoms with Crippen LogP contribution in [0.25, 0.3) is 10.9 Å². The number of hydrogen-bond acceptors (Lipinski definition) is 5. The average molecular weight is 279 g/mol. The van der Waals surface area contributed by atoms with Crippen molar-refractivity contribution in [2.75, 3.05) is 0 Å². The van der Waals surface area contributed by atoms with E-state index >= 15 is 0 Å². The minimum Gasteiger partial charge on any atom is -0.271 e. The van der Waals surface area contributed by atoms with Gasteiger partial charge in [0.15, 0.2) is 0 Å². The molecule has 2 aromatic heterocycles. The van der Waals surface area contributed by atoms with E-state index in [1.807, 2.05) is 37.4 Å². The maximum Gasteiger partial charge on any atom is 0.146 e. The van der Waals surface area contributed by atoms with Gasteiger partial charge in [-0.15, -0.1) is 0 Å². The first kappa shape index (κ1) is 13.6. The Morgan fingerprint density at radius 1 is 1.10 bits per heavy atom. The number of hydrazine groups is 1. The third-order valence-electron chi connectivity index (χ3n) is 3.48. The van der Waals surface area contributed by atoms with Crippen LogP contribution < -0.4 is 11.3 Å². The molecule has 3 aromatic rings. The summed E-state index contributed by atoms with van der Waals surface area (Å²) in [5, 5.41) is 1.13. The summed E-state index contributed by atoms with van der Waals surface area (Å²) >= 11 is 0. The first-order valence-corrected chi connectivity index (χ1v) is 6.85. The van der Waals surface area contributed by atoms with Crippen molar-refractivity contribution in [1.29, 1.82) is 0 Å². The standard InChI is InChI=1S/C16H17N5/c1-11-9-19-16(20-10-11)15(21-17)8-12-6-7-18-14-5-3-2-4-13(12)14/h2-7,9-10,15,21H,8,17H2,1H3. The topological polar surface area (TPSA) is 76.7 Å². The Morgan fingerprint density at radius 3 is 2.62 bits per heavy atom. The summed E-state index contributed by atoms with van der Waals surface area (Å²) in [5.41, 5.74) is 5.99. The molecule has 1 unspecified atom stereocenters. The highest BCUT2D eigenvalue weighted by atomic mass is 15.2.